The Hall–Kier alpha value is -4.54. The lowest BCUT2D eigenvalue weighted by atomic mass is 10.1. The molecule has 0 aliphatic carbocycles. The Morgan fingerprint density at radius 3 is 2.49 bits per heavy atom. The lowest BCUT2D eigenvalue weighted by Gasteiger charge is -2.24. The van der Waals surface area contributed by atoms with Crippen molar-refractivity contribution in [3.63, 3.8) is 0 Å². The van der Waals surface area contributed by atoms with Crippen LogP contribution in [0.25, 0.3) is 11.5 Å². The van der Waals surface area contributed by atoms with Crippen LogP contribution >= 0.6 is 0 Å². The monoisotopic (exact) mass is 513 g/mol. The van der Waals surface area contributed by atoms with Gasteiger partial charge in [0.25, 0.3) is 5.89 Å². The minimum absolute atomic E-state index is 0.0580. The lowest BCUT2D eigenvalue weighted by Crippen LogP contribution is -2.30. The number of halogens is 3. The summed E-state index contributed by atoms with van der Waals surface area (Å²) in [5.74, 6) is 0.296. The molecule has 192 valence electrons. The van der Waals surface area contributed by atoms with E-state index in [1.807, 2.05) is 30.3 Å². The van der Waals surface area contributed by atoms with Crippen molar-refractivity contribution >= 4 is 11.7 Å². The van der Waals surface area contributed by atoms with E-state index in [4.69, 9.17) is 14.0 Å². The van der Waals surface area contributed by atoms with Crippen molar-refractivity contribution in [1.29, 1.82) is 0 Å². The molecule has 0 N–H and O–H groups in total. The van der Waals surface area contributed by atoms with Crippen LogP contribution in [0, 0.1) is 0 Å². The molecule has 0 saturated carbocycles. The molecule has 0 unspecified atom stereocenters. The number of nitrogens with zero attached hydrogens (tertiary/aromatic N) is 3. The average molecular weight is 513 g/mol. The van der Waals surface area contributed by atoms with Crippen LogP contribution in [-0.2, 0) is 22.7 Å². The lowest BCUT2D eigenvalue weighted by molar-refractivity contribution is -0.274. The second-order valence-corrected chi connectivity index (χ2v) is 7.80. The highest BCUT2D eigenvalue weighted by Crippen LogP contribution is 2.28. The molecule has 0 fully saturated rings. The number of methoxy groups -OCH3 is 1. The van der Waals surface area contributed by atoms with Crippen LogP contribution in [0.3, 0.4) is 0 Å². The van der Waals surface area contributed by atoms with Crippen molar-refractivity contribution in [2.24, 2.45) is 0 Å². The van der Waals surface area contributed by atoms with Gasteiger partial charge < -0.3 is 23.6 Å². The Bertz CT molecular complexity index is 1330. The van der Waals surface area contributed by atoms with Crippen LogP contribution in [0.4, 0.5) is 18.9 Å². The van der Waals surface area contributed by atoms with Crippen LogP contribution in [0.5, 0.6) is 11.5 Å². The van der Waals surface area contributed by atoms with E-state index in [2.05, 4.69) is 14.9 Å². The van der Waals surface area contributed by atoms with Crippen molar-refractivity contribution in [1.82, 2.24) is 10.1 Å². The first-order valence-corrected chi connectivity index (χ1v) is 11.1. The summed E-state index contributed by atoms with van der Waals surface area (Å²) >= 11 is 0. The smallest absolute Gasteiger partial charge is 0.485 e. The molecule has 0 aliphatic rings. The maximum atomic E-state index is 12.7. The molecular formula is C26H22F3N3O5. The quantitative estimate of drug-likeness (QED) is 0.261. The Morgan fingerprint density at radius 1 is 0.973 bits per heavy atom. The fourth-order valence-corrected chi connectivity index (χ4v) is 3.45. The highest BCUT2D eigenvalue weighted by Gasteiger charge is 2.31. The SMILES string of the molecule is COC(=O)CN(Cc1cccc(OCc2noc(-c3ccccc3)n2)c1)c1cccc(OC(F)(F)F)c1. The maximum absolute atomic E-state index is 12.7. The summed E-state index contributed by atoms with van der Waals surface area (Å²) in [6.45, 7) is 0.0484. The molecule has 8 nitrogen and oxygen atoms in total. The Morgan fingerprint density at radius 2 is 1.73 bits per heavy atom. The Kier molecular flexibility index (Phi) is 7.92. The van der Waals surface area contributed by atoms with Gasteiger partial charge in [0.05, 0.1) is 7.11 Å². The molecular weight excluding hydrogens is 491 g/mol. The van der Waals surface area contributed by atoms with Crippen molar-refractivity contribution in [3.8, 4) is 23.0 Å². The summed E-state index contributed by atoms with van der Waals surface area (Å²) in [5, 5.41) is 3.93. The topological polar surface area (TPSA) is 86.9 Å². The molecule has 0 aliphatic heterocycles. The zero-order valence-electron chi connectivity index (χ0n) is 19.6. The van der Waals surface area contributed by atoms with Gasteiger partial charge in [0.15, 0.2) is 6.61 Å². The van der Waals surface area contributed by atoms with E-state index in [0.29, 0.717) is 23.2 Å². The molecule has 4 aromatic rings. The van der Waals surface area contributed by atoms with Gasteiger partial charge in [0, 0.05) is 23.9 Å². The molecule has 11 heteroatoms. The summed E-state index contributed by atoms with van der Waals surface area (Å²) in [6, 6.07) is 21.7. The highest BCUT2D eigenvalue weighted by molar-refractivity contribution is 5.76. The number of ether oxygens (including phenoxy) is 3. The first-order chi connectivity index (χ1) is 17.8. The zero-order chi connectivity index (χ0) is 26.3. The van der Waals surface area contributed by atoms with Crippen LogP contribution in [0.15, 0.2) is 83.4 Å². The summed E-state index contributed by atoms with van der Waals surface area (Å²) in [4.78, 5) is 17.9. The summed E-state index contributed by atoms with van der Waals surface area (Å²) in [5.41, 5.74) is 1.87. The number of alkyl halides is 3. The first kappa shape index (κ1) is 25.5. The Balaban J connectivity index is 1.46. The number of esters is 1. The zero-order valence-corrected chi connectivity index (χ0v) is 19.6. The van der Waals surface area contributed by atoms with E-state index in [0.717, 1.165) is 11.1 Å². The average Bonchev–Trinajstić information content (AvgIpc) is 3.36. The van der Waals surface area contributed by atoms with Gasteiger partial charge in [-0.3, -0.25) is 4.79 Å². The number of hydrogen-bond acceptors (Lipinski definition) is 8. The number of aromatic nitrogens is 2. The van der Waals surface area contributed by atoms with Gasteiger partial charge in [0.2, 0.25) is 5.82 Å². The fourth-order valence-electron chi connectivity index (χ4n) is 3.45. The predicted octanol–water partition coefficient (Wildman–Crippen LogP) is 5.39. The van der Waals surface area contributed by atoms with Gasteiger partial charge in [-0.25, -0.2) is 0 Å². The van der Waals surface area contributed by atoms with Gasteiger partial charge >= 0.3 is 12.3 Å². The van der Waals surface area contributed by atoms with Gasteiger partial charge in [-0.1, -0.05) is 41.6 Å². The van der Waals surface area contributed by atoms with E-state index in [1.165, 1.54) is 25.3 Å². The standard InChI is InChI=1S/C26H22F3N3O5/c1-34-24(33)16-32(20-10-6-12-22(14-20)36-26(27,28)29)15-18-7-5-11-21(13-18)35-17-23-30-25(37-31-23)19-8-3-2-4-9-19/h2-14H,15-17H2,1H3. The van der Waals surface area contributed by atoms with E-state index in [9.17, 15) is 18.0 Å². The van der Waals surface area contributed by atoms with Crippen LogP contribution in [0.1, 0.15) is 11.4 Å². The van der Waals surface area contributed by atoms with Gasteiger partial charge in [0.1, 0.15) is 18.0 Å². The molecule has 0 radical (unpaired) electrons. The number of hydrogen-bond donors (Lipinski definition) is 0. The Labute approximate surface area is 210 Å². The van der Waals surface area contributed by atoms with Gasteiger partial charge in [-0.15, -0.1) is 13.2 Å². The fraction of sp³-hybridized carbons (Fsp3) is 0.192. The van der Waals surface area contributed by atoms with E-state index in [-0.39, 0.29) is 19.7 Å². The maximum Gasteiger partial charge on any atom is 0.573 e. The van der Waals surface area contributed by atoms with Crippen molar-refractivity contribution in [2.75, 3.05) is 18.6 Å². The second-order valence-electron chi connectivity index (χ2n) is 7.80. The molecule has 0 amide bonds. The third kappa shape index (κ3) is 7.47. The number of anilines is 1. The normalized spacial score (nSPS) is 11.1. The van der Waals surface area contributed by atoms with Gasteiger partial charge in [-0.2, -0.15) is 4.98 Å². The molecule has 4 rings (SSSR count). The van der Waals surface area contributed by atoms with Crippen molar-refractivity contribution < 1.29 is 36.7 Å². The molecule has 1 aromatic heterocycles. The second kappa shape index (κ2) is 11.5. The van der Waals surface area contributed by atoms with E-state index in [1.54, 1.807) is 35.2 Å². The molecule has 0 saturated heterocycles. The minimum Gasteiger partial charge on any atom is -0.485 e. The molecule has 0 bridgehead atoms. The number of carbonyl (C=O) groups is 1. The van der Waals surface area contributed by atoms with Crippen LogP contribution in [0.2, 0.25) is 0 Å². The number of benzene rings is 3. The number of carbonyl (C=O) groups excluding carboxylic acids is 1. The molecule has 3 aromatic carbocycles. The summed E-state index contributed by atoms with van der Waals surface area (Å²) in [6.07, 6.45) is -4.84. The largest absolute Gasteiger partial charge is 0.573 e. The van der Waals surface area contributed by atoms with E-state index >= 15 is 0 Å². The summed E-state index contributed by atoms with van der Waals surface area (Å²) in [7, 11) is 1.24. The summed E-state index contributed by atoms with van der Waals surface area (Å²) < 4.78 is 57.9. The molecule has 37 heavy (non-hydrogen) atoms. The molecule has 0 spiro atoms. The number of rotatable bonds is 10. The van der Waals surface area contributed by atoms with Crippen LogP contribution in [-0.4, -0.2) is 36.1 Å². The third-order valence-electron chi connectivity index (χ3n) is 5.09. The van der Waals surface area contributed by atoms with Crippen molar-refractivity contribution in [2.45, 2.75) is 19.5 Å². The predicted molar refractivity (Wildman–Crippen MR) is 127 cm³/mol. The molecule has 1 heterocycles. The van der Waals surface area contributed by atoms with Crippen molar-refractivity contribution in [3.05, 3.63) is 90.3 Å². The highest BCUT2D eigenvalue weighted by atomic mass is 19.4. The van der Waals surface area contributed by atoms with Crippen LogP contribution < -0.4 is 14.4 Å². The molecule has 0 atom stereocenters. The minimum atomic E-state index is -4.84. The third-order valence-corrected chi connectivity index (χ3v) is 5.09. The van der Waals surface area contributed by atoms with Gasteiger partial charge in [-0.05, 0) is 42.0 Å². The van der Waals surface area contributed by atoms with E-state index < -0.39 is 18.1 Å². The first-order valence-electron chi connectivity index (χ1n) is 11.1.